The minimum atomic E-state index is 0.0284. The smallest absolute Gasteiger partial charge is 0.230 e. The summed E-state index contributed by atoms with van der Waals surface area (Å²) in [5, 5.41) is 0. The zero-order chi connectivity index (χ0) is 8.55. The van der Waals surface area contributed by atoms with Crippen LogP contribution in [-0.4, -0.2) is 29.7 Å². The van der Waals surface area contributed by atoms with Gasteiger partial charge < -0.3 is 4.90 Å². The lowest BCUT2D eigenvalue weighted by Gasteiger charge is -2.13. The molecule has 1 saturated carbocycles. The third-order valence-electron chi connectivity index (χ3n) is 2.57. The van der Waals surface area contributed by atoms with Gasteiger partial charge in [0.05, 0.1) is 13.0 Å². The van der Waals surface area contributed by atoms with E-state index in [0.29, 0.717) is 6.54 Å². The summed E-state index contributed by atoms with van der Waals surface area (Å²) >= 11 is 0. The Labute approximate surface area is 71.7 Å². The monoisotopic (exact) mass is 167 g/mol. The van der Waals surface area contributed by atoms with Crippen molar-refractivity contribution >= 4 is 11.7 Å². The Kier molecular flexibility index (Phi) is 1.87. The molecule has 0 radical (unpaired) electrons. The molecule has 2 aliphatic rings. The number of amides is 1. The summed E-state index contributed by atoms with van der Waals surface area (Å²) < 4.78 is 0. The summed E-state index contributed by atoms with van der Waals surface area (Å²) in [5.74, 6) is 0.949. The molecule has 1 aliphatic carbocycles. The number of ketones is 1. The zero-order valence-corrected chi connectivity index (χ0v) is 7.08. The van der Waals surface area contributed by atoms with E-state index >= 15 is 0 Å². The maximum atomic E-state index is 11.1. The van der Waals surface area contributed by atoms with E-state index < -0.39 is 0 Å². The van der Waals surface area contributed by atoms with Gasteiger partial charge >= 0.3 is 0 Å². The van der Waals surface area contributed by atoms with Crippen LogP contribution in [0.3, 0.4) is 0 Å². The van der Waals surface area contributed by atoms with Gasteiger partial charge in [-0.05, 0) is 12.3 Å². The van der Waals surface area contributed by atoms with Crippen LogP contribution in [0.5, 0.6) is 0 Å². The Morgan fingerprint density at radius 1 is 1.33 bits per heavy atom. The van der Waals surface area contributed by atoms with Crippen molar-refractivity contribution < 1.29 is 9.59 Å². The molecule has 1 amide bonds. The van der Waals surface area contributed by atoms with Crippen LogP contribution in [0.25, 0.3) is 0 Å². The topological polar surface area (TPSA) is 37.4 Å². The van der Waals surface area contributed by atoms with Crippen molar-refractivity contribution in [2.45, 2.75) is 25.7 Å². The fraction of sp³-hybridized carbons (Fsp3) is 0.778. The molecule has 2 rings (SSSR count). The van der Waals surface area contributed by atoms with Crippen LogP contribution in [0.2, 0.25) is 0 Å². The fourth-order valence-corrected chi connectivity index (χ4v) is 1.59. The first-order valence-electron chi connectivity index (χ1n) is 4.55. The van der Waals surface area contributed by atoms with E-state index in [0.717, 1.165) is 18.9 Å². The molecule has 0 unspecified atom stereocenters. The van der Waals surface area contributed by atoms with E-state index in [1.54, 1.807) is 4.90 Å². The van der Waals surface area contributed by atoms with Crippen molar-refractivity contribution in [3.63, 3.8) is 0 Å². The molecule has 0 aromatic heterocycles. The molecule has 2 fully saturated rings. The Morgan fingerprint density at radius 3 is 2.58 bits per heavy atom. The van der Waals surface area contributed by atoms with E-state index in [1.165, 1.54) is 12.8 Å². The lowest BCUT2D eigenvalue weighted by molar-refractivity contribution is -0.127. The number of carbonyl (C=O) groups is 2. The third kappa shape index (κ3) is 1.65. The molecule has 0 bridgehead atoms. The molecular formula is C9H13NO2. The molecule has 12 heavy (non-hydrogen) atoms. The van der Waals surface area contributed by atoms with Crippen LogP contribution >= 0.6 is 0 Å². The quantitative estimate of drug-likeness (QED) is 0.577. The molecule has 66 valence electrons. The largest absolute Gasteiger partial charge is 0.335 e. The lowest BCUT2D eigenvalue weighted by atomic mass is 10.3. The summed E-state index contributed by atoms with van der Waals surface area (Å²) in [6.07, 6.45) is 3.87. The zero-order valence-electron chi connectivity index (χ0n) is 7.08. The average Bonchev–Trinajstić information content (AvgIpc) is 2.76. The van der Waals surface area contributed by atoms with Gasteiger partial charge in [0, 0.05) is 6.54 Å². The molecular weight excluding hydrogens is 154 g/mol. The highest BCUT2D eigenvalue weighted by Gasteiger charge is 2.29. The van der Waals surface area contributed by atoms with Crippen LogP contribution in [0.15, 0.2) is 0 Å². The Balaban J connectivity index is 1.78. The van der Waals surface area contributed by atoms with Crippen LogP contribution in [0.1, 0.15) is 25.7 Å². The van der Waals surface area contributed by atoms with E-state index in [1.807, 2.05) is 0 Å². The van der Waals surface area contributed by atoms with Gasteiger partial charge in [-0.2, -0.15) is 0 Å². The van der Waals surface area contributed by atoms with Crippen LogP contribution in [-0.2, 0) is 9.59 Å². The number of nitrogens with zero attached hydrogens (tertiary/aromatic N) is 1. The van der Waals surface area contributed by atoms with Crippen LogP contribution < -0.4 is 0 Å². The molecule has 3 heteroatoms. The third-order valence-corrected chi connectivity index (χ3v) is 2.57. The number of hydrogen-bond donors (Lipinski definition) is 0. The number of likely N-dealkylation sites (tertiary alicyclic amines) is 1. The number of rotatable bonds is 3. The second-order valence-corrected chi connectivity index (χ2v) is 3.76. The predicted molar refractivity (Wildman–Crippen MR) is 43.5 cm³/mol. The van der Waals surface area contributed by atoms with Crippen LogP contribution in [0, 0.1) is 5.92 Å². The number of hydrogen-bond acceptors (Lipinski definition) is 2. The van der Waals surface area contributed by atoms with Crippen molar-refractivity contribution in [3.8, 4) is 0 Å². The van der Waals surface area contributed by atoms with Crippen molar-refractivity contribution in [3.05, 3.63) is 0 Å². The van der Waals surface area contributed by atoms with E-state index in [4.69, 9.17) is 0 Å². The van der Waals surface area contributed by atoms with Crippen molar-refractivity contribution in [2.75, 3.05) is 13.1 Å². The van der Waals surface area contributed by atoms with E-state index in [2.05, 4.69) is 0 Å². The average molecular weight is 167 g/mol. The van der Waals surface area contributed by atoms with Gasteiger partial charge in [0.25, 0.3) is 0 Å². The van der Waals surface area contributed by atoms with Gasteiger partial charge in [0.15, 0.2) is 5.78 Å². The molecule has 1 aliphatic heterocycles. The van der Waals surface area contributed by atoms with Crippen molar-refractivity contribution in [2.24, 2.45) is 5.92 Å². The van der Waals surface area contributed by atoms with Crippen molar-refractivity contribution in [1.29, 1.82) is 0 Å². The lowest BCUT2D eigenvalue weighted by Crippen LogP contribution is -2.26. The summed E-state index contributed by atoms with van der Waals surface area (Å²) in [6, 6.07) is 0. The molecule has 0 N–H and O–H groups in total. The number of carbonyl (C=O) groups excluding carboxylic acids is 2. The first-order valence-corrected chi connectivity index (χ1v) is 4.55. The minimum absolute atomic E-state index is 0.0284. The molecule has 1 heterocycles. The highest BCUT2D eigenvalue weighted by Crippen LogP contribution is 2.32. The van der Waals surface area contributed by atoms with Gasteiger partial charge in [-0.15, -0.1) is 0 Å². The highest BCUT2D eigenvalue weighted by atomic mass is 16.2. The summed E-state index contributed by atoms with van der Waals surface area (Å²) in [4.78, 5) is 23.7. The first-order chi connectivity index (χ1) is 5.75. The summed E-state index contributed by atoms with van der Waals surface area (Å²) in [5.41, 5.74) is 0. The normalized spacial score (nSPS) is 23.8. The van der Waals surface area contributed by atoms with Crippen molar-refractivity contribution in [1.82, 2.24) is 4.90 Å². The number of Topliss-reactive ketones (excluding diaryl/α,β-unsaturated/α-hetero) is 1. The second-order valence-electron chi connectivity index (χ2n) is 3.76. The summed E-state index contributed by atoms with van der Waals surface area (Å²) in [6.45, 7) is 1.17. The van der Waals surface area contributed by atoms with Gasteiger partial charge in [-0.25, -0.2) is 0 Å². The SMILES string of the molecule is O=C1CC(=O)N(CCC2CC2)C1. The predicted octanol–water partition coefficient (Wildman–Crippen LogP) is 0.588. The van der Waals surface area contributed by atoms with E-state index in [-0.39, 0.29) is 18.1 Å². The van der Waals surface area contributed by atoms with Crippen LogP contribution in [0.4, 0.5) is 0 Å². The maximum absolute atomic E-state index is 11.1. The first kappa shape index (κ1) is 7.77. The molecule has 0 aromatic carbocycles. The van der Waals surface area contributed by atoms with Gasteiger partial charge in [-0.1, -0.05) is 12.8 Å². The Morgan fingerprint density at radius 2 is 2.08 bits per heavy atom. The maximum Gasteiger partial charge on any atom is 0.230 e. The second kappa shape index (κ2) is 2.88. The van der Waals surface area contributed by atoms with E-state index in [9.17, 15) is 9.59 Å². The minimum Gasteiger partial charge on any atom is -0.335 e. The standard InChI is InChI=1S/C9H13NO2/c11-8-5-9(12)10(6-8)4-3-7-1-2-7/h7H,1-6H2. The van der Waals surface area contributed by atoms with Gasteiger partial charge in [0.2, 0.25) is 5.91 Å². The Hall–Kier alpha value is -0.860. The fourth-order valence-electron chi connectivity index (χ4n) is 1.59. The molecule has 0 spiro atoms. The molecule has 0 atom stereocenters. The molecule has 0 aromatic rings. The summed E-state index contributed by atoms with van der Waals surface area (Å²) in [7, 11) is 0. The van der Waals surface area contributed by atoms with Gasteiger partial charge in [0.1, 0.15) is 0 Å². The molecule has 1 saturated heterocycles. The van der Waals surface area contributed by atoms with Gasteiger partial charge in [-0.3, -0.25) is 9.59 Å². The highest BCUT2D eigenvalue weighted by molar-refractivity contribution is 6.05. The Bertz CT molecular complexity index is 221. The molecule has 3 nitrogen and oxygen atoms in total.